The van der Waals surface area contributed by atoms with Crippen LogP contribution in [0.25, 0.3) is 0 Å². The quantitative estimate of drug-likeness (QED) is 0.0703. The van der Waals surface area contributed by atoms with Crippen LogP contribution in [0.4, 0.5) is 9.59 Å². The number of nitrogens with two attached hydrogens (primary N) is 1. The molecule has 3 aliphatic heterocycles. The molecule has 69 heavy (non-hydrogen) atoms. The summed E-state index contributed by atoms with van der Waals surface area (Å²) in [6.07, 6.45) is 0. The molecule has 2 unspecified atom stereocenters. The number of carbonyl (C=O) groups is 7. The molecule has 0 spiro atoms. The van der Waals surface area contributed by atoms with Crippen molar-refractivity contribution >= 4 is 57.7 Å². The summed E-state index contributed by atoms with van der Waals surface area (Å²) in [5.41, 5.74) is 24.5. The Kier molecular flexibility index (Phi) is 26.2. The van der Waals surface area contributed by atoms with Crippen LogP contribution in [0.15, 0.2) is 108 Å². The van der Waals surface area contributed by atoms with Gasteiger partial charge in [0.25, 0.3) is 17.7 Å². The van der Waals surface area contributed by atoms with Crippen LogP contribution in [0.3, 0.4) is 0 Å². The van der Waals surface area contributed by atoms with Gasteiger partial charge in [0.15, 0.2) is 0 Å². The molecule has 2 atom stereocenters. The zero-order valence-corrected chi connectivity index (χ0v) is 39.8. The van der Waals surface area contributed by atoms with Gasteiger partial charge >= 0.3 is 24.0 Å². The van der Waals surface area contributed by atoms with Gasteiger partial charge in [-0.2, -0.15) is 0 Å². The molecule has 0 bridgehead atoms. The molecule has 18 nitrogen and oxygen atoms in total. The number of rotatable bonds is 9. The van der Waals surface area contributed by atoms with E-state index in [4.69, 9.17) is 19.9 Å². The maximum absolute atomic E-state index is 12.4. The van der Waals surface area contributed by atoms with Crippen LogP contribution in [-0.4, -0.2) is 106 Å². The van der Waals surface area contributed by atoms with Crippen molar-refractivity contribution in [3.8, 4) is 17.2 Å². The van der Waals surface area contributed by atoms with Gasteiger partial charge in [-0.15, -0.1) is 0 Å². The lowest BCUT2D eigenvalue weighted by Crippen LogP contribution is -2.52. The number of fused-ring (bicyclic) bond motifs is 1. The lowest BCUT2D eigenvalue weighted by molar-refractivity contribution is -0.124. The first-order valence-electron chi connectivity index (χ1n) is 19.6. The number of carbonyl (C=O) groups excluding carboxylic acids is 7. The topological polar surface area (TPSA) is 243 Å². The van der Waals surface area contributed by atoms with Gasteiger partial charge in [0.05, 0.1) is 53.2 Å². The molecule has 368 valence electrons. The summed E-state index contributed by atoms with van der Waals surface area (Å²) in [6, 6.07) is 14.7. The van der Waals surface area contributed by atoms with Crippen molar-refractivity contribution in [1.29, 1.82) is 0 Å². The van der Waals surface area contributed by atoms with E-state index in [1.807, 2.05) is 13.0 Å². The molecule has 3 aromatic rings. The first-order valence-corrected chi connectivity index (χ1v) is 20.7. The predicted octanol–water partition coefficient (Wildman–Crippen LogP) is 6.12. The van der Waals surface area contributed by atoms with Crippen LogP contribution in [-0.2, 0) is 30.9 Å². The zero-order chi connectivity index (χ0) is 50.3. The molecule has 6 rings (SSSR count). The molecule has 0 saturated carbocycles. The van der Waals surface area contributed by atoms with E-state index in [0.717, 1.165) is 28.2 Å². The second-order valence-corrected chi connectivity index (χ2v) is 14.7. The number of nitrogens with zero attached hydrogens (tertiary/aromatic N) is 1. The molecule has 2 saturated heterocycles. The summed E-state index contributed by atoms with van der Waals surface area (Å²) >= 11 is 3.31. The molecule has 7 amide bonds. The molecule has 6 N–H and O–H groups in total. The smallest absolute Gasteiger partial charge is 0.338 e. The first kappa shape index (κ1) is 61.0. The number of alkyl halides is 1. The minimum atomic E-state index is -1.10. The standard InChI is InChI=1S/C14H15N3O4.C10H11BrO3.C10H12O3.C9H4.C5H9N3O2.2CH4/c1-14(12(19)15-13(20)16-14)7-17-6-8-5-9(21-2)3-4-10(8)11(17)18;1-13-8-3-4-9(10(12)14-2)7(5-8)6-11;1-7-6-8(12-2)4-5-9(7)10(11)13-3;1-3-5-7-9-8-6-4-2;1-5(2-6)3(9)7-4(10)8-5;;/h3-5H,6-7H2,1-2H3,(H2,15,16,19,20);3-5H,6H2,1-2H3;4-6H,1-3H3;1-2H2;2,6H2,1H3,(H2,7,8,9,10);2*1H4. The van der Waals surface area contributed by atoms with Gasteiger partial charge in [-0.05, 0) is 134 Å². The highest BCUT2D eigenvalue weighted by atomic mass is 79.9. The number of nitrogens with one attached hydrogen (secondary N) is 4. The summed E-state index contributed by atoms with van der Waals surface area (Å²) in [4.78, 5) is 80.9. The molecule has 0 radical (unpaired) electrons. The fraction of sp³-hybridized carbons (Fsp3) is 0.320. The normalized spacial score (nSPS) is 16.1. The largest absolute Gasteiger partial charge is 0.497 e. The van der Waals surface area contributed by atoms with Crippen LogP contribution in [0, 0.1) is 6.92 Å². The lowest BCUT2D eigenvalue weighted by atomic mass is 10.0. The first-order chi connectivity index (χ1) is 31.8. The van der Waals surface area contributed by atoms with E-state index in [9.17, 15) is 33.6 Å². The third kappa shape index (κ3) is 17.6. The number of esters is 2. The molecule has 3 heterocycles. The number of ether oxygens (including phenoxy) is 5. The summed E-state index contributed by atoms with van der Waals surface area (Å²) in [5, 5.41) is 9.83. The van der Waals surface area contributed by atoms with Gasteiger partial charge in [-0.3, -0.25) is 25.0 Å². The summed E-state index contributed by atoms with van der Waals surface area (Å²) in [7, 11) is 7.48. The second kappa shape index (κ2) is 29.6. The Labute approximate surface area is 411 Å². The minimum absolute atomic E-state index is 0. The van der Waals surface area contributed by atoms with E-state index >= 15 is 0 Å². The third-order valence-electron chi connectivity index (χ3n) is 9.47. The lowest BCUT2D eigenvalue weighted by Gasteiger charge is -2.26. The van der Waals surface area contributed by atoms with Crippen molar-refractivity contribution in [2.24, 2.45) is 5.73 Å². The number of methoxy groups -OCH3 is 5. The number of urea groups is 2. The highest BCUT2D eigenvalue weighted by Gasteiger charge is 2.45. The number of aryl methyl sites for hydroxylation is 1. The van der Waals surface area contributed by atoms with Crippen LogP contribution in [0.1, 0.15) is 76.5 Å². The average Bonchev–Trinajstić information content (AvgIpc) is 3.89. The van der Waals surface area contributed by atoms with E-state index in [1.165, 1.54) is 14.2 Å². The van der Waals surface area contributed by atoms with Crippen molar-refractivity contribution in [1.82, 2.24) is 26.2 Å². The van der Waals surface area contributed by atoms with Crippen molar-refractivity contribution in [3.05, 3.63) is 141 Å². The van der Waals surface area contributed by atoms with Crippen LogP contribution in [0.2, 0.25) is 0 Å². The third-order valence-corrected chi connectivity index (χ3v) is 10.1. The van der Waals surface area contributed by atoms with E-state index in [0.29, 0.717) is 34.3 Å². The monoisotopic (exact) mass is 1010 g/mol. The van der Waals surface area contributed by atoms with Crippen LogP contribution < -0.4 is 41.2 Å². The van der Waals surface area contributed by atoms with Crippen LogP contribution >= 0.6 is 15.9 Å². The van der Waals surface area contributed by atoms with Gasteiger partial charge in [0, 0.05) is 24.0 Å². The SMILES string of the molecule is C.C.C=C=C=C=C=C=C=C=C.CC1(CN)NC(=O)NC1=O.COC(=O)c1ccc(OC)cc1C.COC(=O)c1ccc(OC)cc1CBr.COc1ccc2c(c1)CN(CC1(C)NC(=O)NC1=O)C2=O. The second-order valence-electron chi connectivity index (χ2n) is 14.2. The molecule has 0 aliphatic carbocycles. The molecule has 3 aromatic carbocycles. The fourth-order valence-electron chi connectivity index (χ4n) is 5.81. The highest BCUT2D eigenvalue weighted by Crippen LogP contribution is 2.28. The van der Waals surface area contributed by atoms with E-state index in [-0.39, 0.29) is 51.7 Å². The minimum Gasteiger partial charge on any atom is -0.497 e. The Hall–Kier alpha value is -8.01. The number of benzene rings is 3. The molecule has 3 aliphatic rings. The number of hydrogen-bond acceptors (Lipinski definition) is 13. The summed E-state index contributed by atoms with van der Waals surface area (Å²) < 4.78 is 24.5. The van der Waals surface area contributed by atoms with Gasteiger partial charge in [-0.1, -0.05) is 42.2 Å². The van der Waals surface area contributed by atoms with Gasteiger partial charge in [0.2, 0.25) is 0 Å². The number of imide groups is 2. The van der Waals surface area contributed by atoms with E-state index in [2.05, 4.69) is 99.9 Å². The molecular weight excluding hydrogens is 956 g/mol. The van der Waals surface area contributed by atoms with Crippen molar-refractivity contribution in [2.45, 2.75) is 58.6 Å². The fourth-order valence-corrected chi connectivity index (χ4v) is 6.27. The molecule has 0 aromatic heterocycles. The predicted molar refractivity (Wildman–Crippen MR) is 262 cm³/mol. The summed E-state index contributed by atoms with van der Waals surface area (Å²) in [5.74, 6) is 0.567. The Balaban J connectivity index is 0.000000863. The van der Waals surface area contributed by atoms with Crippen molar-refractivity contribution < 1.29 is 57.2 Å². The molecule has 2 fully saturated rings. The maximum atomic E-state index is 12.4. The Morgan fingerprint density at radius 2 is 1.14 bits per heavy atom. The van der Waals surface area contributed by atoms with Crippen molar-refractivity contribution in [2.75, 3.05) is 48.6 Å². The van der Waals surface area contributed by atoms with E-state index in [1.54, 1.807) is 88.6 Å². The highest BCUT2D eigenvalue weighted by molar-refractivity contribution is 9.08. The molecule has 19 heteroatoms. The Morgan fingerprint density at radius 1 is 0.696 bits per heavy atom. The van der Waals surface area contributed by atoms with Crippen LogP contribution in [0.5, 0.6) is 17.2 Å². The number of amides is 7. The Morgan fingerprint density at radius 3 is 1.57 bits per heavy atom. The maximum Gasteiger partial charge on any atom is 0.338 e. The summed E-state index contributed by atoms with van der Waals surface area (Å²) in [6.45, 7) is 12.2. The number of halogens is 1. The number of hydrogen-bond donors (Lipinski definition) is 5. The Bertz CT molecular complexity index is 2610. The van der Waals surface area contributed by atoms with Gasteiger partial charge in [0.1, 0.15) is 28.3 Å². The zero-order valence-electron chi connectivity index (χ0n) is 38.2. The van der Waals surface area contributed by atoms with Gasteiger partial charge in [-0.25, -0.2) is 19.2 Å². The average molecular weight is 1020 g/mol. The van der Waals surface area contributed by atoms with Crippen molar-refractivity contribution in [3.63, 3.8) is 0 Å². The molecular formula is C50H59BrN6O12. The van der Waals surface area contributed by atoms with Gasteiger partial charge < -0.3 is 45.0 Å². The van der Waals surface area contributed by atoms with E-state index < -0.39 is 29.0 Å².